The largest absolute Gasteiger partial charge is 0.476 e. The first-order valence-corrected chi connectivity index (χ1v) is 8.14. The molecule has 0 unspecified atom stereocenters. The summed E-state index contributed by atoms with van der Waals surface area (Å²) in [6, 6.07) is 6.71. The lowest BCUT2D eigenvalue weighted by molar-refractivity contribution is -0.390. The maximum absolute atomic E-state index is 12.1. The summed E-state index contributed by atoms with van der Waals surface area (Å²) in [4.78, 5) is 37.6. The van der Waals surface area contributed by atoms with E-state index in [-0.39, 0.29) is 18.2 Å². The minimum Gasteiger partial charge on any atom is -0.476 e. The Bertz CT molecular complexity index is 859. The van der Waals surface area contributed by atoms with Gasteiger partial charge in [-0.3, -0.25) is 9.59 Å². The fourth-order valence-corrected chi connectivity index (χ4v) is 2.57. The predicted molar refractivity (Wildman–Crippen MR) is 98.7 cm³/mol. The average Bonchev–Trinajstić information content (AvgIpc) is 2.61. The van der Waals surface area contributed by atoms with Crippen molar-refractivity contribution < 1.29 is 19.2 Å². The lowest BCUT2D eigenvalue weighted by Crippen LogP contribution is -2.36. The summed E-state index contributed by atoms with van der Waals surface area (Å²) in [7, 11) is 0. The number of anilines is 1. The number of benzene rings is 1. The number of hydrogen-bond acceptors (Lipinski definition) is 6. The molecule has 0 fully saturated rings. The molecule has 1 aromatic heterocycles. The zero-order valence-corrected chi connectivity index (χ0v) is 15.2. The van der Waals surface area contributed by atoms with Gasteiger partial charge < -0.3 is 25.5 Å². The van der Waals surface area contributed by atoms with E-state index in [2.05, 4.69) is 15.6 Å². The van der Waals surface area contributed by atoms with Gasteiger partial charge in [0.15, 0.2) is 6.61 Å². The van der Waals surface area contributed by atoms with Crippen LogP contribution in [-0.4, -0.2) is 34.9 Å². The molecule has 9 nitrogen and oxygen atoms in total. The van der Waals surface area contributed by atoms with E-state index in [9.17, 15) is 19.7 Å². The minimum atomic E-state index is -0.701. The van der Waals surface area contributed by atoms with Crippen molar-refractivity contribution in [2.24, 2.45) is 0 Å². The van der Waals surface area contributed by atoms with Gasteiger partial charge in [-0.1, -0.05) is 17.7 Å². The molecule has 1 heterocycles. The van der Waals surface area contributed by atoms with E-state index in [4.69, 9.17) is 4.74 Å². The third-order valence-electron chi connectivity index (χ3n) is 3.67. The van der Waals surface area contributed by atoms with Crippen LogP contribution in [0.4, 0.5) is 11.5 Å². The highest BCUT2D eigenvalue weighted by Gasteiger charge is 2.17. The molecule has 142 valence electrons. The highest BCUT2D eigenvalue weighted by atomic mass is 16.6. The van der Waals surface area contributed by atoms with Crippen LogP contribution < -0.4 is 15.4 Å². The molecule has 0 saturated heterocycles. The highest BCUT2D eigenvalue weighted by molar-refractivity contribution is 5.95. The van der Waals surface area contributed by atoms with E-state index in [1.165, 1.54) is 18.3 Å². The second-order valence-corrected chi connectivity index (χ2v) is 5.97. The van der Waals surface area contributed by atoms with Crippen LogP contribution in [0.5, 0.6) is 5.75 Å². The Morgan fingerprint density at radius 2 is 1.85 bits per heavy atom. The fourth-order valence-electron chi connectivity index (χ4n) is 2.57. The number of amides is 2. The van der Waals surface area contributed by atoms with Crippen molar-refractivity contribution in [1.29, 1.82) is 0 Å². The van der Waals surface area contributed by atoms with Gasteiger partial charge in [-0.05, 0) is 53.9 Å². The van der Waals surface area contributed by atoms with Crippen LogP contribution >= 0.6 is 0 Å². The Morgan fingerprint density at radius 3 is 2.48 bits per heavy atom. The van der Waals surface area contributed by atoms with Crippen LogP contribution in [0.15, 0.2) is 30.5 Å². The molecule has 0 saturated carbocycles. The smallest absolute Gasteiger partial charge is 0.406 e. The fraction of sp³-hybridized carbons (Fsp3) is 0.278. The van der Waals surface area contributed by atoms with E-state index in [1.54, 1.807) is 0 Å². The molecule has 2 N–H and O–H groups in total. The van der Waals surface area contributed by atoms with Crippen LogP contribution in [0.25, 0.3) is 0 Å². The molecule has 0 aliphatic rings. The lowest BCUT2D eigenvalue weighted by Gasteiger charge is -2.13. The first-order chi connectivity index (χ1) is 12.8. The van der Waals surface area contributed by atoms with Crippen LogP contribution in [0.2, 0.25) is 0 Å². The molecule has 27 heavy (non-hydrogen) atoms. The van der Waals surface area contributed by atoms with Crippen molar-refractivity contribution in [1.82, 2.24) is 10.3 Å². The summed E-state index contributed by atoms with van der Waals surface area (Å²) >= 11 is 0. The number of carbonyl (C=O) groups is 2. The summed E-state index contributed by atoms with van der Waals surface area (Å²) in [5, 5.41) is 16.0. The predicted octanol–water partition coefficient (Wildman–Crippen LogP) is 2.05. The second kappa shape index (κ2) is 8.75. The van der Waals surface area contributed by atoms with Crippen molar-refractivity contribution in [3.05, 3.63) is 57.3 Å². The molecule has 2 aromatic rings. The molecule has 0 aliphatic carbocycles. The lowest BCUT2D eigenvalue weighted by atomic mass is 10.1. The Hall–Kier alpha value is -3.49. The summed E-state index contributed by atoms with van der Waals surface area (Å²) in [6.07, 6.45) is 1.25. The Labute approximate surface area is 155 Å². The van der Waals surface area contributed by atoms with E-state index < -0.39 is 23.3 Å². The molecule has 0 radical (unpaired) electrons. The molecular formula is C18H20N4O5. The topological polar surface area (TPSA) is 123 Å². The summed E-state index contributed by atoms with van der Waals surface area (Å²) in [5.74, 6) is -1.56. The third kappa shape index (κ3) is 5.50. The van der Waals surface area contributed by atoms with Crippen LogP contribution in [0.3, 0.4) is 0 Å². The number of nitro groups is 1. The number of nitrogens with one attached hydrogen (secondary N) is 2. The molecular weight excluding hydrogens is 352 g/mol. The third-order valence-corrected chi connectivity index (χ3v) is 3.67. The van der Waals surface area contributed by atoms with E-state index in [1.807, 2.05) is 32.9 Å². The molecule has 2 rings (SSSR count). The maximum atomic E-state index is 12.1. The molecule has 0 atom stereocenters. The SMILES string of the molecule is Cc1cc(C)c(NC(=O)CNC(=O)COc2cccnc2[N+](=O)[O-])c(C)c1. The first-order valence-electron chi connectivity index (χ1n) is 8.14. The monoisotopic (exact) mass is 372 g/mol. The number of hydrogen-bond donors (Lipinski definition) is 2. The first kappa shape index (κ1) is 19.8. The number of aromatic nitrogens is 1. The van der Waals surface area contributed by atoms with Gasteiger partial charge in [0.2, 0.25) is 11.7 Å². The average molecular weight is 372 g/mol. The van der Waals surface area contributed by atoms with Crippen molar-refractivity contribution >= 4 is 23.3 Å². The van der Waals surface area contributed by atoms with Gasteiger partial charge in [0.25, 0.3) is 5.91 Å². The summed E-state index contributed by atoms with van der Waals surface area (Å²) < 4.78 is 5.11. The quantitative estimate of drug-likeness (QED) is 0.566. The van der Waals surface area contributed by atoms with Crippen LogP contribution in [0, 0.1) is 30.9 Å². The normalized spacial score (nSPS) is 10.2. The number of ether oxygens (including phenoxy) is 1. The standard InChI is InChI=1S/C18H20N4O5/c1-11-7-12(2)17(13(3)8-11)21-15(23)9-20-16(24)10-27-14-5-4-6-19-18(14)22(25)26/h4-8H,9-10H2,1-3H3,(H,20,24)(H,21,23). The summed E-state index contributed by atoms with van der Waals surface area (Å²) in [6.45, 7) is 5.04. The number of rotatable bonds is 7. The molecule has 1 aromatic carbocycles. The van der Waals surface area contributed by atoms with E-state index in [0.29, 0.717) is 5.69 Å². The molecule has 0 bridgehead atoms. The van der Waals surface area contributed by atoms with E-state index in [0.717, 1.165) is 16.7 Å². The van der Waals surface area contributed by atoms with Gasteiger partial charge in [0, 0.05) is 5.69 Å². The number of nitrogens with zero attached hydrogens (tertiary/aromatic N) is 2. The Kier molecular flexibility index (Phi) is 6.42. The van der Waals surface area contributed by atoms with Crippen molar-refractivity contribution in [3.8, 4) is 5.75 Å². The second-order valence-electron chi connectivity index (χ2n) is 5.97. The van der Waals surface area contributed by atoms with Gasteiger partial charge in [-0.2, -0.15) is 0 Å². The molecule has 0 spiro atoms. The summed E-state index contributed by atoms with van der Waals surface area (Å²) in [5.41, 5.74) is 3.67. The zero-order chi connectivity index (χ0) is 20.0. The van der Waals surface area contributed by atoms with Crippen molar-refractivity contribution in [3.63, 3.8) is 0 Å². The molecule has 0 aliphatic heterocycles. The molecule has 2 amide bonds. The van der Waals surface area contributed by atoms with Gasteiger partial charge >= 0.3 is 5.82 Å². The maximum Gasteiger partial charge on any atom is 0.406 e. The number of carbonyl (C=O) groups excluding carboxylic acids is 2. The number of aryl methyl sites for hydroxylation is 3. The van der Waals surface area contributed by atoms with Crippen molar-refractivity contribution in [2.45, 2.75) is 20.8 Å². The van der Waals surface area contributed by atoms with Gasteiger partial charge in [0.1, 0.15) is 6.20 Å². The number of pyridine rings is 1. The van der Waals surface area contributed by atoms with Crippen LogP contribution in [-0.2, 0) is 9.59 Å². The van der Waals surface area contributed by atoms with Gasteiger partial charge in [-0.15, -0.1) is 0 Å². The van der Waals surface area contributed by atoms with E-state index >= 15 is 0 Å². The Morgan fingerprint density at radius 1 is 1.19 bits per heavy atom. The van der Waals surface area contributed by atoms with Crippen molar-refractivity contribution in [2.75, 3.05) is 18.5 Å². The Balaban J connectivity index is 1.86. The highest BCUT2D eigenvalue weighted by Crippen LogP contribution is 2.23. The van der Waals surface area contributed by atoms with Crippen LogP contribution in [0.1, 0.15) is 16.7 Å². The zero-order valence-electron chi connectivity index (χ0n) is 15.2. The minimum absolute atomic E-state index is 0.118. The molecule has 9 heteroatoms. The van der Waals surface area contributed by atoms with Gasteiger partial charge in [-0.25, -0.2) is 0 Å². The van der Waals surface area contributed by atoms with Gasteiger partial charge in [0.05, 0.1) is 6.54 Å².